The van der Waals surface area contributed by atoms with Gasteiger partial charge in [0.2, 0.25) is 0 Å². The highest BCUT2D eigenvalue weighted by Crippen LogP contribution is 2.40. The van der Waals surface area contributed by atoms with Crippen LogP contribution in [0.2, 0.25) is 0 Å². The number of amides is 1. The number of carbonyl (C=O) groups is 2. The summed E-state index contributed by atoms with van der Waals surface area (Å²) in [5, 5.41) is 14.0. The summed E-state index contributed by atoms with van der Waals surface area (Å²) in [5.74, 6) is -6.19. The molecule has 0 fully saturated rings. The molecule has 238 valence electrons. The Morgan fingerprint density at radius 2 is 1.62 bits per heavy atom. The van der Waals surface area contributed by atoms with Gasteiger partial charge in [-0.25, -0.2) is 13.6 Å². The maximum absolute atomic E-state index is 14.8. The standard InChI is InChI=1S/C30H24F8N4O3/c1-3-22(29(33,34)35)41-16-12-19(31)23(20(32)13-16)27(43)42-21(28(44)45)11-15-6-7-18(25-17(15)5-4-9-39-25)26-24(30(36,37)38)14(2)8-10-40-26/h4-10,12-13,21-22,41H,3,11H2,1-2H3,(H,42,43)(H,44,45)/t21-,22+/m0/s1. The number of benzene rings is 2. The van der Waals surface area contributed by atoms with Crippen LogP contribution in [0.1, 0.15) is 40.4 Å². The Morgan fingerprint density at radius 1 is 0.956 bits per heavy atom. The van der Waals surface area contributed by atoms with Gasteiger partial charge in [0.25, 0.3) is 5.91 Å². The van der Waals surface area contributed by atoms with Crippen LogP contribution in [0.25, 0.3) is 22.2 Å². The van der Waals surface area contributed by atoms with Crippen LogP contribution < -0.4 is 10.6 Å². The van der Waals surface area contributed by atoms with Gasteiger partial charge in [-0.3, -0.25) is 14.8 Å². The molecule has 0 aliphatic heterocycles. The van der Waals surface area contributed by atoms with Gasteiger partial charge in [-0.1, -0.05) is 25.1 Å². The number of aliphatic carboxylic acids is 1. The van der Waals surface area contributed by atoms with Crippen LogP contribution in [0.15, 0.2) is 54.9 Å². The third kappa shape index (κ3) is 7.13. The lowest BCUT2D eigenvalue weighted by molar-refractivity contribution is -0.143. The summed E-state index contributed by atoms with van der Waals surface area (Å²) < 4.78 is 111. The molecule has 45 heavy (non-hydrogen) atoms. The Morgan fingerprint density at radius 3 is 2.20 bits per heavy atom. The van der Waals surface area contributed by atoms with Crippen LogP contribution in [0, 0.1) is 18.6 Å². The minimum absolute atomic E-state index is 0.00922. The number of anilines is 1. The van der Waals surface area contributed by atoms with Crippen molar-refractivity contribution >= 4 is 28.5 Å². The number of rotatable bonds is 9. The molecule has 2 atom stereocenters. The molecule has 3 N–H and O–H groups in total. The number of fused-ring (bicyclic) bond motifs is 1. The maximum Gasteiger partial charge on any atom is 0.418 e. The number of carbonyl (C=O) groups excluding carboxylic acids is 1. The number of nitrogens with one attached hydrogen (secondary N) is 2. The zero-order chi connectivity index (χ0) is 33.3. The van der Waals surface area contributed by atoms with E-state index in [2.05, 4.69) is 9.97 Å². The van der Waals surface area contributed by atoms with Gasteiger partial charge in [-0.2, -0.15) is 26.3 Å². The van der Waals surface area contributed by atoms with Gasteiger partial charge in [0.15, 0.2) is 0 Å². The molecule has 0 aliphatic rings. The maximum atomic E-state index is 14.8. The fourth-order valence-electron chi connectivity index (χ4n) is 4.86. The second-order valence-electron chi connectivity index (χ2n) is 10.1. The zero-order valence-electron chi connectivity index (χ0n) is 23.4. The van der Waals surface area contributed by atoms with E-state index in [1.54, 1.807) is 0 Å². The summed E-state index contributed by atoms with van der Waals surface area (Å²) in [7, 11) is 0. The molecule has 0 radical (unpaired) electrons. The van der Waals surface area contributed by atoms with Gasteiger partial charge in [-0.05, 0) is 48.7 Å². The van der Waals surface area contributed by atoms with Crippen molar-refractivity contribution in [2.45, 2.75) is 51.1 Å². The van der Waals surface area contributed by atoms with Gasteiger partial charge < -0.3 is 15.7 Å². The normalized spacial score (nSPS) is 13.4. The molecule has 2 aromatic heterocycles. The summed E-state index contributed by atoms with van der Waals surface area (Å²) in [6.45, 7) is 2.48. The van der Waals surface area contributed by atoms with E-state index in [-0.39, 0.29) is 27.6 Å². The van der Waals surface area contributed by atoms with E-state index in [9.17, 15) is 49.8 Å². The van der Waals surface area contributed by atoms with E-state index < -0.39 is 83.3 Å². The van der Waals surface area contributed by atoms with Gasteiger partial charge in [-0.15, -0.1) is 0 Å². The lowest BCUT2D eigenvalue weighted by Gasteiger charge is -2.22. The summed E-state index contributed by atoms with van der Waals surface area (Å²) in [5.41, 5.74) is -2.99. The molecule has 2 heterocycles. The molecule has 0 unspecified atom stereocenters. The van der Waals surface area contributed by atoms with Crippen LogP contribution >= 0.6 is 0 Å². The molecule has 4 aromatic rings. The number of aryl methyl sites for hydroxylation is 1. The first-order chi connectivity index (χ1) is 21.0. The Balaban J connectivity index is 1.66. The Hall–Kier alpha value is -4.82. The predicted molar refractivity (Wildman–Crippen MR) is 147 cm³/mol. The quantitative estimate of drug-likeness (QED) is 0.169. The van der Waals surface area contributed by atoms with Gasteiger partial charge >= 0.3 is 18.3 Å². The molecule has 2 aromatic carbocycles. The topological polar surface area (TPSA) is 104 Å². The number of hydrogen-bond acceptors (Lipinski definition) is 5. The summed E-state index contributed by atoms with van der Waals surface area (Å²) in [6.07, 6.45) is -7.88. The summed E-state index contributed by atoms with van der Waals surface area (Å²) in [6, 6.07) is 3.79. The van der Waals surface area contributed by atoms with Gasteiger partial charge in [0.1, 0.15) is 29.3 Å². The molecule has 0 saturated carbocycles. The predicted octanol–water partition coefficient (Wildman–Crippen LogP) is 7.08. The average molecular weight is 641 g/mol. The van der Waals surface area contributed by atoms with Crippen molar-refractivity contribution in [3.63, 3.8) is 0 Å². The van der Waals surface area contributed by atoms with E-state index in [4.69, 9.17) is 0 Å². The Kier molecular flexibility index (Phi) is 9.30. The molecule has 4 rings (SSSR count). The van der Waals surface area contributed by atoms with Gasteiger partial charge in [0, 0.05) is 35.5 Å². The second-order valence-corrected chi connectivity index (χ2v) is 10.1. The number of carboxylic acids is 1. The van der Waals surface area contributed by atoms with E-state index in [0.29, 0.717) is 12.1 Å². The number of aromatic nitrogens is 2. The smallest absolute Gasteiger partial charge is 0.418 e. The number of nitrogens with zero attached hydrogens (tertiary/aromatic N) is 2. The van der Waals surface area contributed by atoms with Crippen molar-refractivity contribution in [3.05, 3.63) is 88.7 Å². The fourth-order valence-corrected chi connectivity index (χ4v) is 4.86. The minimum Gasteiger partial charge on any atom is -0.480 e. The molecule has 0 bridgehead atoms. The Labute approximate surface area is 250 Å². The van der Waals surface area contributed by atoms with Crippen molar-refractivity contribution in [1.29, 1.82) is 0 Å². The highest BCUT2D eigenvalue weighted by Gasteiger charge is 2.39. The lowest BCUT2D eigenvalue weighted by Crippen LogP contribution is -2.43. The molecule has 0 saturated heterocycles. The molecule has 1 amide bonds. The first-order valence-electron chi connectivity index (χ1n) is 13.3. The molecular weight excluding hydrogens is 616 g/mol. The van der Waals surface area contributed by atoms with Crippen LogP contribution in [-0.2, 0) is 17.4 Å². The molecule has 7 nitrogen and oxygen atoms in total. The molecule has 0 aliphatic carbocycles. The van der Waals surface area contributed by atoms with Crippen molar-refractivity contribution in [1.82, 2.24) is 15.3 Å². The van der Waals surface area contributed by atoms with E-state index >= 15 is 0 Å². The third-order valence-electron chi connectivity index (χ3n) is 7.00. The zero-order valence-corrected chi connectivity index (χ0v) is 23.4. The summed E-state index contributed by atoms with van der Waals surface area (Å²) in [4.78, 5) is 33.0. The molecule has 15 heteroatoms. The SMILES string of the molecule is CC[C@@H](Nc1cc(F)c(C(=O)N[C@@H](Cc2ccc(-c3nccc(C)c3C(F)(F)F)c3ncccc23)C(=O)O)c(F)c1)C(F)(F)F. The average Bonchev–Trinajstić information content (AvgIpc) is 2.93. The van der Waals surface area contributed by atoms with Crippen LogP contribution in [0.3, 0.4) is 0 Å². The second kappa shape index (κ2) is 12.7. The lowest BCUT2D eigenvalue weighted by atomic mass is 9.94. The van der Waals surface area contributed by atoms with Crippen molar-refractivity contribution in [2.24, 2.45) is 0 Å². The number of alkyl halides is 6. The monoisotopic (exact) mass is 640 g/mol. The first kappa shape index (κ1) is 33.1. The van der Waals surface area contributed by atoms with Gasteiger partial charge in [0.05, 0.1) is 16.8 Å². The van der Waals surface area contributed by atoms with Crippen LogP contribution in [0.5, 0.6) is 0 Å². The van der Waals surface area contributed by atoms with E-state index in [1.807, 2.05) is 10.6 Å². The minimum atomic E-state index is -4.75. The fraction of sp³-hybridized carbons (Fsp3) is 0.267. The van der Waals surface area contributed by atoms with Crippen molar-refractivity contribution < 1.29 is 49.8 Å². The number of hydrogen-bond donors (Lipinski definition) is 3. The molecule has 0 spiro atoms. The largest absolute Gasteiger partial charge is 0.480 e. The molecular formula is C30H24F8N4O3. The third-order valence-corrected chi connectivity index (χ3v) is 7.00. The number of pyridine rings is 2. The number of halogens is 8. The van der Waals surface area contributed by atoms with E-state index in [0.717, 1.165) is 0 Å². The summed E-state index contributed by atoms with van der Waals surface area (Å²) >= 11 is 0. The first-order valence-corrected chi connectivity index (χ1v) is 13.3. The highest BCUT2D eigenvalue weighted by molar-refractivity contribution is 5.98. The Bertz CT molecular complexity index is 1730. The van der Waals surface area contributed by atoms with E-state index in [1.165, 1.54) is 56.6 Å². The number of carboxylic acid groups (broad SMARTS) is 1. The highest BCUT2D eigenvalue weighted by atomic mass is 19.4. The van der Waals surface area contributed by atoms with Crippen LogP contribution in [-0.4, -0.2) is 45.2 Å². The van der Waals surface area contributed by atoms with Crippen LogP contribution in [0.4, 0.5) is 40.8 Å². The van der Waals surface area contributed by atoms with Crippen molar-refractivity contribution in [3.8, 4) is 11.3 Å². The van der Waals surface area contributed by atoms with Crippen molar-refractivity contribution in [2.75, 3.05) is 5.32 Å².